The van der Waals surface area contributed by atoms with Gasteiger partial charge in [0, 0.05) is 38.3 Å². The molecule has 0 aromatic heterocycles. The zero-order chi connectivity index (χ0) is 16.9. The Morgan fingerprint density at radius 2 is 1.78 bits per heavy atom. The third-order valence-corrected chi connectivity index (χ3v) is 4.95. The van der Waals surface area contributed by atoms with E-state index in [0.717, 1.165) is 38.5 Å². The Bertz CT molecular complexity index is 373. The first-order valence-electron chi connectivity index (χ1n) is 9.29. The Kier molecular flexibility index (Phi) is 6.72. The van der Waals surface area contributed by atoms with Gasteiger partial charge in [0.25, 0.3) is 0 Å². The molecular weight excluding hydrogens is 290 g/mol. The van der Waals surface area contributed by atoms with Crippen molar-refractivity contribution in [2.75, 3.05) is 32.7 Å². The highest BCUT2D eigenvalue weighted by Gasteiger charge is 2.24. The number of amides is 1. The van der Waals surface area contributed by atoms with E-state index in [1.54, 1.807) is 0 Å². The molecule has 23 heavy (non-hydrogen) atoms. The van der Waals surface area contributed by atoms with Crippen molar-refractivity contribution in [1.29, 1.82) is 0 Å². The molecule has 0 bridgehead atoms. The molecule has 5 nitrogen and oxygen atoms in total. The predicted molar refractivity (Wildman–Crippen MR) is 93.7 cm³/mol. The number of carbonyl (C=O) groups is 1. The number of nitrogens with zero attached hydrogens (tertiary/aromatic N) is 2. The smallest absolute Gasteiger partial charge is 0.407 e. The quantitative estimate of drug-likeness (QED) is 0.863. The fraction of sp³-hybridized carbons (Fsp3) is 0.944. The highest BCUT2D eigenvalue weighted by Crippen LogP contribution is 2.17. The molecule has 2 aliphatic heterocycles. The van der Waals surface area contributed by atoms with Gasteiger partial charge in [0.05, 0.1) is 0 Å². The minimum atomic E-state index is -0.421. The lowest BCUT2D eigenvalue weighted by Crippen LogP contribution is -2.48. The molecule has 2 aliphatic rings. The summed E-state index contributed by atoms with van der Waals surface area (Å²) in [6.45, 7) is 13.8. The molecule has 2 saturated heterocycles. The Morgan fingerprint density at radius 3 is 2.39 bits per heavy atom. The number of rotatable bonds is 4. The van der Waals surface area contributed by atoms with Gasteiger partial charge in [-0.15, -0.1) is 0 Å². The molecule has 2 fully saturated rings. The van der Waals surface area contributed by atoms with E-state index in [-0.39, 0.29) is 12.1 Å². The molecule has 1 atom stereocenters. The molecule has 0 aromatic carbocycles. The first-order chi connectivity index (χ1) is 10.8. The lowest BCUT2D eigenvalue weighted by Gasteiger charge is -2.37. The van der Waals surface area contributed by atoms with Crippen molar-refractivity contribution in [3.8, 4) is 0 Å². The maximum Gasteiger partial charge on any atom is 0.407 e. The number of nitrogens with one attached hydrogen (secondary N) is 1. The summed E-state index contributed by atoms with van der Waals surface area (Å²) in [5, 5.41) is 3.01. The fourth-order valence-electron chi connectivity index (χ4n) is 3.53. The van der Waals surface area contributed by atoms with Crippen molar-refractivity contribution in [1.82, 2.24) is 15.1 Å². The molecule has 134 valence electrons. The fourth-order valence-corrected chi connectivity index (χ4v) is 3.53. The van der Waals surface area contributed by atoms with E-state index in [0.29, 0.717) is 0 Å². The summed E-state index contributed by atoms with van der Waals surface area (Å²) in [6, 6.07) is 1.00. The maximum atomic E-state index is 11.8. The number of hydrogen-bond donors (Lipinski definition) is 1. The first-order valence-corrected chi connectivity index (χ1v) is 9.29. The molecule has 0 spiro atoms. The Balaban J connectivity index is 1.63. The van der Waals surface area contributed by atoms with Crippen LogP contribution in [-0.4, -0.2) is 66.3 Å². The zero-order valence-corrected chi connectivity index (χ0v) is 15.4. The molecule has 0 saturated carbocycles. The lowest BCUT2D eigenvalue weighted by atomic mass is 10.0. The molecule has 1 unspecified atom stereocenters. The average molecular weight is 325 g/mol. The first kappa shape index (κ1) is 18.5. The molecule has 2 rings (SSSR count). The van der Waals surface area contributed by atoms with Crippen LogP contribution in [0.5, 0.6) is 0 Å². The van der Waals surface area contributed by atoms with Crippen LogP contribution in [0.3, 0.4) is 0 Å². The third kappa shape index (κ3) is 6.68. The molecule has 0 radical (unpaired) electrons. The number of alkyl carbamates (subject to hydrolysis) is 1. The van der Waals surface area contributed by atoms with Gasteiger partial charge in [-0.05, 0) is 59.9 Å². The van der Waals surface area contributed by atoms with Crippen LogP contribution in [0.2, 0.25) is 0 Å². The van der Waals surface area contributed by atoms with E-state index in [4.69, 9.17) is 4.74 Å². The minimum Gasteiger partial charge on any atom is -0.444 e. The van der Waals surface area contributed by atoms with E-state index < -0.39 is 5.60 Å². The average Bonchev–Trinajstić information content (AvgIpc) is 2.46. The molecule has 0 aliphatic carbocycles. The standard InChI is InChI=1S/C18H35N3O2/c1-15-7-5-6-10-21(15)14-13-20-11-8-16(9-12-20)19-17(22)23-18(2,3)4/h15-16H,5-14H2,1-4H3,(H,19,22). The Labute approximate surface area is 141 Å². The van der Waals surface area contributed by atoms with Crippen LogP contribution in [0, 0.1) is 0 Å². The van der Waals surface area contributed by atoms with Crippen molar-refractivity contribution < 1.29 is 9.53 Å². The van der Waals surface area contributed by atoms with Crippen LogP contribution >= 0.6 is 0 Å². The number of ether oxygens (including phenoxy) is 1. The number of likely N-dealkylation sites (tertiary alicyclic amines) is 2. The zero-order valence-electron chi connectivity index (χ0n) is 15.4. The largest absolute Gasteiger partial charge is 0.444 e. The Hall–Kier alpha value is -0.810. The number of piperidine rings is 2. The van der Waals surface area contributed by atoms with Crippen LogP contribution in [0.15, 0.2) is 0 Å². The molecule has 1 N–H and O–H groups in total. The summed E-state index contributed by atoms with van der Waals surface area (Å²) in [5.41, 5.74) is -0.421. The normalized spacial score (nSPS) is 25.3. The highest BCUT2D eigenvalue weighted by molar-refractivity contribution is 5.68. The van der Waals surface area contributed by atoms with Gasteiger partial charge in [-0.3, -0.25) is 4.90 Å². The van der Waals surface area contributed by atoms with Crippen molar-refractivity contribution in [3.63, 3.8) is 0 Å². The van der Waals surface area contributed by atoms with Crippen molar-refractivity contribution in [2.24, 2.45) is 0 Å². The van der Waals surface area contributed by atoms with E-state index >= 15 is 0 Å². The second-order valence-corrected chi connectivity index (χ2v) is 8.14. The van der Waals surface area contributed by atoms with Crippen LogP contribution in [0.1, 0.15) is 59.8 Å². The van der Waals surface area contributed by atoms with E-state index in [1.165, 1.54) is 32.4 Å². The maximum absolute atomic E-state index is 11.8. The van der Waals surface area contributed by atoms with Crippen LogP contribution in [0.25, 0.3) is 0 Å². The van der Waals surface area contributed by atoms with Gasteiger partial charge in [-0.25, -0.2) is 4.79 Å². The topological polar surface area (TPSA) is 44.8 Å². The molecule has 0 aromatic rings. The summed E-state index contributed by atoms with van der Waals surface area (Å²) in [6.07, 6.45) is 5.86. The third-order valence-electron chi connectivity index (χ3n) is 4.95. The number of hydrogen-bond acceptors (Lipinski definition) is 4. The van der Waals surface area contributed by atoms with Gasteiger partial charge in [-0.1, -0.05) is 6.42 Å². The van der Waals surface area contributed by atoms with Crippen LogP contribution in [0.4, 0.5) is 4.79 Å². The van der Waals surface area contributed by atoms with Crippen LogP contribution in [-0.2, 0) is 4.74 Å². The Morgan fingerprint density at radius 1 is 1.09 bits per heavy atom. The minimum absolute atomic E-state index is 0.259. The van der Waals surface area contributed by atoms with Crippen molar-refractivity contribution in [3.05, 3.63) is 0 Å². The monoisotopic (exact) mass is 325 g/mol. The summed E-state index contributed by atoms with van der Waals surface area (Å²) < 4.78 is 5.34. The van der Waals surface area contributed by atoms with Gasteiger partial charge in [-0.2, -0.15) is 0 Å². The summed E-state index contributed by atoms with van der Waals surface area (Å²) in [7, 11) is 0. The summed E-state index contributed by atoms with van der Waals surface area (Å²) in [5.74, 6) is 0. The highest BCUT2D eigenvalue weighted by atomic mass is 16.6. The van der Waals surface area contributed by atoms with Gasteiger partial charge in [0.15, 0.2) is 0 Å². The second kappa shape index (κ2) is 8.34. The van der Waals surface area contributed by atoms with Crippen molar-refractivity contribution >= 4 is 6.09 Å². The molecule has 5 heteroatoms. The van der Waals surface area contributed by atoms with Gasteiger partial charge >= 0.3 is 6.09 Å². The molecular formula is C18H35N3O2. The van der Waals surface area contributed by atoms with Gasteiger partial charge in [0.1, 0.15) is 5.60 Å². The van der Waals surface area contributed by atoms with E-state index in [2.05, 4.69) is 22.0 Å². The van der Waals surface area contributed by atoms with Gasteiger partial charge < -0.3 is 15.0 Å². The SMILES string of the molecule is CC1CCCCN1CCN1CCC(NC(=O)OC(C)(C)C)CC1. The summed E-state index contributed by atoms with van der Waals surface area (Å²) in [4.78, 5) is 17.0. The lowest BCUT2D eigenvalue weighted by molar-refractivity contribution is 0.0474. The predicted octanol–water partition coefficient (Wildman–Crippen LogP) is 2.85. The molecule has 1 amide bonds. The van der Waals surface area contributed by atoms with Crippen LogP contribution < -0.4 is 5.32 Å². The van der Waals surface area contributed by atoms with Crippen molar-refractivity contribution in [2.45, 2.75) is 77.5 Å². The second-order valence-electron chi connectivity index (χ2n) is 8.14. The summed E-state index contributed by atoms with van der Waals surface area (Å²) >= 11 is 0. The molecule has 2 heterocycles. The number of carbonyl (C=O) groups excluding carboxylic acids is 1. The van der Waals surface area contributed by atoms with E-state index in [9.17, 15) is 4.79 Å². The van der Waals surface area contributed by atoms with E-state index in [1.807, 2.05) is 20.8 Å². The van der Waals surface area contributed by atoms with Gasteiger partial charge in [0.2, 0.25) is 0 Å².